The highest BCUT2D eigenvalue weighted by atomic mass is 32.2. The van der Waals surface area contributed by atoms with Gasteiger partial charge in [-0.1, -0.05) is 0 Å². The van der Waals surface area contributed by atoms with Gasteiger partial charge in [-0.2, -0.15) is 0 Å². The summed E-state index contributed by atoms with van der Waals surface area (Å²) in [5, 5.41) is 8.37. The van der Waals surface area contributed by atoms with E-state index in [9.17, 15) is 13.2 Å². The Labute approximate surface area is 112 Å². The second-order valence-electron chi connectivity index (χ2n) is 4.87. The van der Waals surface area contributed by atoms with Crippen LogP contribution < -0.4 is 4.72 Å². The summed E-state index contributed by atoms with van der Waals surface area (Å²) in [5.41, 5.74) is 0. The smallest absolute Gasteiger partial charge is 0.332 e. The molecular weight excluding hydrogens is 274 g/mol. The maximum Gasteiger partial charge on any atom is 0.332 e. The van der Waals surface area contributed by atoms with Gasteiger partial charge in [0.15, 0.2) is 6.10 Å². The number of hydrogen-bond acceptors (Lipinski definition) is 5. The third-order valence-corrected chi connectivity index (χ3v) is 5.42. The van der Waals surface area contributed by atoms with Crippen LogP contribution in [0.2, 0.25) is 0 Å². The van der Waals surface area contributed by atoms with Crippen LogP contribution in [0.1, 0.15) is 25.7 Å². The molecule has 0 aromatic heterocycles. The van der Waals surface area contributed by atoms with Gasteiger partial charge in [-0.05, 0) is 25.7 Å². The summed E-state index contributed by atoms with van der Waals surface area (Å²) >= 11 is 0. The minimum Gasteiger partial charge on any atom is -0.479 e. The molecule has 0 spiro atoms. The summed E-state index contributed by atoms with van der Waals surface area (Å²) in [4.78, 5) is 10.7. The minimum absolute atomic E-state index is 0.142. The molecule has 0 bridgehead atoms. The molecule has 0 amide bonds. The summed E-state index contributed by atoms with van der Waals surface area (Å²) in [5.74, 6) is -0.991. The van der Waals surface area contributed by atoms with Gasteiger partial charge in [-0.3, -0.25) is 0 Å². The first-order valence-corrected chi connectivity index (χ1v) is 7.98. The quantitative estimate of drug-likeness (QED) is 0.722. The molecule has 2 heterocycles. The van der Waals surface area contributed by atoms with Crippen LogP contribution in [0.25, 0.3) is 0 Å². The number of nitrogens with one attached hydrogen (secondary N) is 1. The first-order valence-electron chi connectivity index (χ1n) is 6.43. The second kappa shape index (κ2) is 6.17. The van der Waals surface area contributed by atoms with E-state index in [1.165, 1.54) is 0 Å². The van der Waals surface area contributed by atoms with E-state index < -0.39 is 27.3 Å². The number of carbonyl (C=O) groups is 1. The van der Waals surface area contributed by atoms with Crippen molar-refractivity contribution in [1.82, 2.24) is 4.72 Å². The number of hydrogen-bond donors (Lipinski definition) is 2. The maximum atomic E-state index is 12.0. The summed E-state index contributed by atoms with van der Waals surface area (Å²) in [6, 6.07) is 0. The number of ether oxygens (including phenoxy) is 2. The fourth-order valence-corrected chi connectivity index (χ4v) is 3.82. The highest BCUT2D eigenvalue weighted by Crippen LogP contribution is 2.20. The molecule has 19 heavy (non-hydrogen) atoms. The van der Waals surface area contributed by atoms with E-state index in [2.05, 4.69) is 4.72 Å². The Balaban J connectivity index is 1.80. The highest BCUT2D eigenvalue weighted by molar-refractivity contribution is 7.90. The molecule has 2 unspecified atom stereocenters. The van der Waals surface area contributed by atoms with Crippen LogP contribution in [0.5, 0.6) is 0 Å². The zero-order chi connectivity index (χ0) is 13.9. The van der Waals surface area contributed by atoms with Gasteiger partial charge in [0.2, 0.25) is 10.0 Å². The Kier molecular flexibility index (Phi) is 4.77. The van der Waals surface area contributed by atoms with Crippen LogP contribution in [0.4, 0.5) is 0 Å². The van der Waals surface area contributed by atoms with Crippen molar-refractivity contribution in [2.75, 3.05) is 19.8 Å². The molecule has 2 saturated heterocycles. The van der Waals surface area contributed by atoms with E-state index in [0.717, 1.165) is 0 Å². The van der Waals surface area contributed by atoms with E-state index in [-0.39, 0.29) is 12.6 Å². The van der Waals surface area contributed by atoms with Crippen molar-refractivity contribution >= 4 is 16.0 Å². The summed E-state index contributed by atoms with van der Waals surface area (Å²) < 4.78 is 37.0. The Hall–Kier alpha value is -0.700. The standard InChI is InChI=1S/C11H19NO6S/c13-11(14)10-2-1-8(18-10)7-12-19(15,16)9-3-5-17-6-4-9/h8-10,12H,1-7H2,(H,13,14). The molecule has 0 radical (unpaired) electrons. The molecule has 2 aliphatic heterocycles. The molecule has 2 N–H and O–H groups in total. The van der Waals surface area contributed by atoms with Gasteiger partial charge in [0.1, 0.15) is 0 Å². The molecule has 7 nitrogen and oxygen atoms in total. The molecular formula is C11H19NO6S. The van der Waals surface area contributed by atoms with Gasteiger partial charge >= 0.3 is 5.97 Å². The topological polar surface area (TPSA) is 102 Å². The molecule has 110 valence electrons. The van der Waals surface area contributed by atoms with Crippen molar-refractivity contribution in [2.45, 2.75) is 43.1 Å². The molecule has 0 aromatic rings. The first-order chi connectivity index (χ1) is 8.99. The molecule has 2 fully saturated rings. The fourth-order valence-electron chi connectivity index (χ4n) is 2.35. The predicted octanol–water partition coefficient (Wildman–Crippen LogP) is -0.283. The van der Waals surface area contributed by atoms with E-state index in [4.69, 9.17) is 14.6 Å². The van der Waals surface area contributed by atoms with Crippen molar-refractivity contribution in [2.24, 2.45) is 0 Å². The Morgan fingerprint density at radius 1 is 1.21 bits per heavy atom. The van der Waals surface area contributed by atoms with Crippen LogP contribution in [-0.2, 0) is 24.3 Å². The van der Waals surface area contributed by atoms with Gasteiger partial charge in [0, 0.05) is 19.8 Å². The van der Waals surface area contributed by atoms with E-state index >= 15 is 0 Å². The third kappa shape index (κ3) is 3.88. The van der Waals surface area contributed by atoms with Crippen LogP contribution in [0, 0.1) is 0 Å². The van der Waals surface area contributed by atoms with Crippen molar-refractivity contribution in [3.63, 3.8) is 0 Å². The van der Waals surface area contributed by atoms with Crippen molar-refractivity contribution in [3.05, 3.63) is 0 Å². The minimum atomic E-state index is -3.37. The normalized spacial score (nSPS) is 29.5. The zero-order valence-electron chi connectivity index (χ0n) is 10.6. The first kappa shape index (κ1) is 14.7. The monoisotopic (exact) mass is 293 g/mol. The molecule has 8 heteroatoms. The lowest BCUT2D eigenvalue weighted by Gasteiger charge is -2.23. The SMILES string of the molecule is O=C(O)C1CCC(CNS(=O)(=O)C2CCOCC2)O1. The van der Waals surface area contributed by atoms with Crippen LogP contribution in [0.3, 0.4) is 0 Å². The molecule has 2 atom stereocenters. The summed E-state index contributed by atoms with van der Waals surface area (Å²) in [6.07, 6.45) is 0.831. The fraction of sp³-hybridized carbons (Fsp3) is 0.909. The molecule has 0 aromatic carbocycles. The number of aliphatic carboxylic acids is 1. The van der Waals surface area contributed by atoms with Gasteiger partial charge in [-0.15, -0.1) is 0 Å². The van der Waals surface area contributed by atoms with Crippen molar-refractivity contribution in [3.8, 4) is 0 Å². The van der Waals surface area contributed by atoms with E-state index in [1.54, 1.807) is 0 Å². The molecule has 0 saturated carbocycles. The van der Waals surface area contributed by atoms with Crippen molar-refractivity contribution in [1.29, 1.82) is 0 Å². The summed E-state index contributed by atoms with van der Waals surface area (Å²) in [6.45, 7) is 1.07. The van der Waals surface area contributed by atoms with Gasteiger partial charge < -0.3 is 14.6 Å². The van der Waals surface area contributed by atoms with Crippen LogP contribution in [0.15, 0.2) is 0 Å². The van der Waals surface area contributed by atoms with Gasteiger partial charge in [0.25, 0.3) is 0 Å². The average Bonchev–Trinajstić information content (AvgIpc) is 2.87. The number of rotatable bonds is 5. The van der Waals surface area contributed by atoms with E-state index in [1.807, 2.05) is 0 Å². The van der Waals surface area contributed by atoms with Crippen molar-refractivity contribution < 1.29 is 27.8 Å². The van der Waals surface area contributed by atoms with Crippen LogP contribution >= 0.6 is 0 Å². The molecule has 2 aliphatic rings. The Bertz CT molecular complexity index is 417. The number of sulfonamides is 1. The lowest BCUT2D eigenvalue weighted by atomic mass is 10.2. The van der Waals surface area contributed by atoms with Gasteiger partial charge in [0.05, 0.1) is 11.4 Å². The third-order valence-electron chi connectivity index (χ3n) is 3.50. The number of carboxylic acids is 1. The van der Waals surface area contributed by atoms with E-state index in [0.29, 0.717) is 38.9 Å². The number of carboxylic acid groups (broad SMARTS) is 1. The lowest BCUT2D eigenvalue weighted by molar-refractivity contribution is -0.149. The maximum absolute atomic E-state index is 12.0. The highest BCUT2D eigenvalue weighted by Gasteiger charge is 2.33. The molecule has 0 aliphatic carbocycles. The van der Waals surface area contributed by atoms with Crippen LogP contribution in [-0.4, -0.2) is 56.7 Å². The Morgan fingerprint density at radius 2 is 1.89 bits per heavy atom. The second-order valence-corrected chi connectivity index (χ2v) is 6.91. The zero-order valence-corrected chi connectivity index (χ0v) is 11.4. The lowest BCUT2D eigenvalue weighted by Crippen LogP contribution is -2.41. The summed E-state index contributed by atoms with van der Waals surface area (Å²) in [7, 11) is -3.37. The average molecular weight is 293 g/mol. The van der Waals surface area contributed by atoms with Gasteiger partial charge in [-0.25, -0.2) is 17.9 Å². The largest absolute Gasteiger partial charge is 0.479 e. The predicted molar refractivity (Wildman–Crippen MR) is 66.3 cm³/mol. The molecule has 2 rings (SSSR count). The Morgan fingerprint density at radius 3 is 2.47 bits per heavy atom.